The normalized spacial score (nSPS) is 11.8. The monoisotopic (exact) mass is 354 g/mol. The highest BCUT2D eigenvalue weighted by molar-refractivity contribution is 6.05. The van der Waals surface area contributed by atoms with E-state index in [1.54, 1.807) is 54.6 Å². The summed E-state index contributed by atoms with van der Waals surface area (Å²) in [7, 11) is 3.81. The second kappa shape index (κ2) is 8.82. The molecule has 0 aliphatic carbocycles. The van der Waals surface area contributed by atoms with E-state index >= 15 is 0 Å². The quantitative estimate of drug-likeness (QED) is 0.525. The Bertz CT molecular complexity index is 814. The zero-order chi connectivity index (χ0) is 19.1. The van der Waals surface area contributed by atoms with Gasteiger partial charge in [-0.2, -0.15) is 0 Å². The molecule has 2 rings (SSSR count). The van der Waals surface area contributed by atoms with Crippen molar-refractivity contribution in [3.8, 4) is 0 Å². The highest BCUT2D eigenvalue weighted by Gasteiger charge is 2.21. The van der Waals surface area contributed by atoms with Crippen molar-refractivity contribution in [2.24, 2.45) is 0 Å². The first-order valence-electron chi connectivity index (χ1n) is 8.16. The first-order valence-corrected chi connectivity index (χ1v) is 8.16. The number of aliphatic hydroxyl groups is 1. The molecule has 0 spiro atoms. The molecule has 0 saturated carbocycles. The maximum atomic E-state index is 12.6. The molecule has 0 fully saturated rings. The molecule has 6 nitrogen and oxygen atoms in total. The molecule has 0 heterocycles. The molecule has 0 bridgehead atoms. The van der Waals surface area contributed by atoms with Crippen LogP contribution in [0, 0.1) is 0 Å². The van der Waals surface area contributed by atoms with Crippen molar-refractivity contribution in [3.05, 3.63) is 77.0 Å². The van der Waals surface area contributed by atoms with Gasteiger partial charge in [-0.1, -0.05) is 48.5 Å². The number of aliphatic hydroxyl groups excluding tert-OH is 1. The number of amides is 1. The maximum Gasteiger partial charge on any atom is 0.371 e. The number of nitrogens with one attached hydrogen (secondary N) is 1. The van der Waals surface area contributed by atoms with E-state index < -0.39 is 11.7 Å². The van der Waals surface area contributed by atoms with Crippen LogP contribution in [0.1, 0.15) is 21.5 Å². The van der Waals surface area contributed by atoms with E-state index in [1.165, 1.54) is 0 Å². The third-order valence-electron chi connectivity index (χ3n) is 3.79. The highest BCUT2D eigenvalue weighted by atomic mass is 16.4. The largest absolute Gasteiger partial charge is 0.501 e. The summed E-state index contributed by atoms with van der Waals surface area (Å²) >= 11 is 0. The Morgan fingerprint density at radius 3 is 2.08 bits per heavy atom. The standard InChI is InChI=1S/C20H22N2O4/c1-22(2)13-12-21-19(24)16-11-7-6-10-15(16)17(18(23)20(25)26)14-8-4-3-5-9-14/h3-11,23H,12-13H2,1-2H3,(H,21,24)(H,25,26)/b18-17+. The number of likely N-dealkylation sites (N-methyl/N-ethyl adjacent to an activating group) is 1. The Morgan fingerprint density at radius 1 is 0.923 bits per heavy atom. The summed E-state index contributed by atoms with van der Waals surface area (Å²) < 4.78 is 0. The van der Waals surface area contributed by atoms with Gasteiger partial charge in [-0.25, -0.2) is 4.79 Å². The second-order valence-corrected chi connectivity index (χ2v) is 6.00. The third kappa shape index (κ3) is 4.70. The van der Waals surface area contributed by atoms with Gasteiger partial charge in [0.2, 0.25) is 5.76 Å². The van der Waals surface area contributed by atoms with Gasteiger partial charge in [0.05, 0.1) is 0 Å². The molecule has 0 saturated heterocycles. The molecule has 0 radical (unpaired) electrons. The molecule has 26 heavy (non-hydrogen) atoms. The number of carbonyl (C=O) groups is 2. The van der Waals surface area contributed by atoms with Gasteiger partial charge in [-0.15, -0.1) is 0 Å². The summed E-state index contributed by atoms with van der Waals surface area (Å²) in [5, 5.41) is 22.3. The minimum Gasteiger partial charge on any atom is -0.501 e. The Kier molecular flexibility index (Phi) is 6.52. The van der Waals surface area contributed by atoms with Gasteiger partial charge in [0.25, 0.3) is 5.91 Å². The molecular formula is C20H22N2O4. The lowest BCUT2D eigenvalue weighted by molar-refractivity contribution is -0.135. The molecule has 2 aromatic rings. The van der Waals surface area contributed by atoms with E-state index in [-0.39, 0.29) is 11.5 Å². The van der Waals surface area contributed by atoms with Gasteiger partial charge < -0.3 is 20.4 Å². The topological polar surface area (TPSA) is 89.9 Å². The Morgan fingerprint density at radius 2 is 1.50 bits per heavy atom. The van der Waals surface area contributed by atoms with E-state index in [4.69, 9.17) is 0 Å². The van der Waals surface area contributed by atoms with Crippen molar-refractivity contribution in [1.82, 2.24) is 10.2 Å². The van der Waals surface area contributed by atoms with Gasteiger partial charge in [0, 0.05) is 24.2 Å². The van der Waals surface area contributed by atoms with Crippen LogP contribution >= 0.6 is 0 Å². The van der Waals surface area contributed by atoms with Crippen molar-refractivity contribution in [2.45, 2.75) is 0 Å². The summed E-state index contributed by atoms with van der Waals surface area (Å²) in [4.78, 5) is 25.9. The Labute approximate surface area is 152 Å². The summed E-state index contributed by atoms with van der Waals surface area (Å²) in [5.74, 6) is -2.58. The lowest BCUT2D eigenvalue weighted by Crippen LogP contribution is -2.31. The van der Waals surface area contributed by atoms with E-state index in [1.807, 2.05) is 19.0 Å². The van der Waals surface area contributed by atoms with Crippen molar-refractivity contribution < 1.29 is 19.8 Å². The van der Waals surface area contributed by atoms with E-state index in [2.05, 4.69) is 5.32 Å². The summed E-state index contributed by atoms with van der Waals surface area (Å²) in [6.45, 7) is 1.13. The van der Waals surface area contributed by atoms with Crippen LogP contribution in [0.4, 0.5) is 0 Å². The van der Waals surface area contributed by atoms with Crippen LogP contribution in [0.3, 0.4) is 0 Å². The molecule has 136 valence electrons. The van der Waals surface area contributed by atoms with Crippen molar-refractivity contribution >= 4 is 17.4 Å². The van der Waals surface area contributed by atoms with Crippen LogP contribution < -0.4 is 5.32 Å². The van der Waals surface area contributed by atoms with Crippen LogP contribution in [0.2, 0.25) is 0 Å². The van der Waals surface area contributed by atoms with Crippen molar-refractivity contribution in [2.75, 3.05) is 27.2 Å². The number of nitrogens with zero attached hydrogens (tertiary/aromatic N) is 1. The lowest BCUT2D eigenvalue weighted by Gasteiger charge is -2.15. The molecule has 1 amide bonds. The molecule has 6 heteroatoms. The smallest absolute Gasteiger partial charge is 0.371 e. The van der Waals surface area contributed by atoms with Crippen LogP contribution in [0.5, 0.6) is 0 Å². The van der Waals surface area contributed by atoms with E-state index in [9.17, 15) is 19.8 Å². The zero-order valence-electron chi connectivity index (χ0n) is 14.8. The number of rotatable bonds is 7. The number of aliphatic carboxylic acids is 1. The molecular weight excluding hydrogens is 332 g/mol. The molecule has 0 atom stereocenters. The molecule has 3 N–H and O–H groups in total. The number of hydrogen-bond donors (Lipinski definition) is 3. The summed E-state index contributed by atoms with van der Waals surface area (Å²) in [6.07, 6.45) is 0. The van der Waals surface area contributed by atoms with Crippen LogP contribution in [-0.4, -0.2) is 54.2 Å². The molecule has 0 unspecified atom stereocenters. The van der Waals surface area contributed by atoms with Crippen LogP contribution in [0.15, 0.2) is 60.4 Å². The first-order chi connectivity index (χ1) is 12.4. The number of carboxylic acids is 1. The van der Waals surface area contributed by atoms with Crippen molar-refractivity contribution in [1.29, 1.82) is 0 Å². The fourth-order valence-corrected chi connectivity index (χ4v) is 2.52. The Hall–Kier alpha value is -3.12. The molecule has 0 aliphatic rings. The van der Waals surface area contributed by atoms with Gasteiger partial charge in [-0.3, -0.25) is 4.79 Å². The average molecular weight is 354 g/mol. The predicted octanol–water partition coefficient (Wildman–Crippen LogP) is 2.38. The Balaban J connectivity index is 2.49. The third-order valence-corrected chi connectivity index (χ3v) is 3.79. The number of benzene rings is 2. The SMILES string of the molecule is CN(C)CCNC(=O)c1ccccc1/C(=C(/O)C(=O)O)c1ccccc1. The van der Waals surface area contributed by atoms with Crippen molar-refractivity contribution in [3.63, 3.8) is 0 Å². The number of carboxylic acid groups (broad SMARTS) is 1. The fourth-order valence-electron chi connectivity index (χ4n) is 2.52. The second-order valence-electron chi connectivity index (χ2n) is 6.00. The summed E-state index contributed by atoms with van der Waals surface area (Å²) in [6, 6.07) is 15.3. The van der Waals surface area contributed by atoms with Gasteiger partial charge in [-0.05, 0) is 31.3 Å². The molecule has 2 aromatic carbocycles. The highest BCUT2D eigenvalue weighted by Crippen LogP contribution is 2.29. The number of carbonyl (C=O) groups excluding carboxylic acids is 1. The van der Waals surface area contributed by atoms with E-state index in [0.717, 1.165) is 0 Å². The maximum absolute atomic E-state index is 12.6. The van der Waals surface area contributed by atoms with Gasteiger partial charge >= 0.3 is 5.97 Å². The van der Waals surface area contributed by atoms with E-state index in [0.29, 0.717) is 29.8 Å². The minimum absolute atomic E-state index is 0.108. The van der Waals surface area contributed by atoms with Gasteiger partial charge in [0.15, 0.2) is 0 Å². The first kappa shape index (κ1) is 19.2. The van der Waals surface area contributed by atoms with Crippen LogP contribution in [0.25, 0.3) is 5.57 Å². The fraction of sp³-hybridized carbons (Fsp3) is 0.200. The number of hydrogen-bond acceptors (Lipinski definition) is 4. The lowest BCUT2D eigenvalue weighted by atomic mass is 9.92. The average Bonchev–Trinajstić information content (AvgIpc) is 2.62. The molecule has 0 aliphatic heterocycles. The zero-order valence-corrected chi connectivity index (χ0v) is 14.8. The minimum atomic E-state index is -1.45. The van der Waals surface area contributed by atoms with Crippen LogP contribution in [-0.2, 0) is 4.79 Å². The molecule has 0 aromatic heterocycles. The predicted molar refractivity (Wildman–Crippen MR) is 100 cm³/mol. The van der Waals surface area contributed by atoms with Gasteiger partial charge in [0.1, 0.15) is 0 Å². The summed E-state index contributed by atoms with van der Waals surface area (Å²) in [5.41, 5.74) is 1.29.